The lowest BCUT2D eigenvalue weighted by molar-refractivity contribution is -0.359. The minimum Gasteiger partial charge on any atom is -0.394 e. The lowest BCUT2D eigenvalue weighted by Gasteiger charge is -2.46. The van der Waals surface area contributed by atoms with Crippen LogP contribution in [0.1, 0.15) is 277 Å². The van der Waals surface area contributed by atoms with Gasteiger partial charge in [-0.1, -0.05) is 249 Å². The monoisotopic (exact) mass is 1120 g/mol. The van der Waals surface area contributed by atoms with Crippen LogP contribution in [0.4, 0.5) is 0 Å². The van der Waals surface area contributed by atoms with E-state index in [2.05, 4.69) is 43.5 Å². The van der Waals surface area contributed by atoms with E-state index >= 15 is 0 Å². The number of amides is 1. The molecule has 2 heterocycles. The number of aliphatic hydroxyl groups is 8. The highest BCUT2D eigenvalue weighted by Gasteiger charge is 2.51. The Morgan fingerprint density at radius 2 is 0.810 bits per heavy atom. The van der Waals surface area contributed by atoms with Gasteiger partial charge in [-0.3, -0.25) is 4.79 Å². The lowest BCUT2D eigenvalue weighted by Crippen LogP contribution is -2.65. The van der Waals surface area contributed by atoms with Crippen molar-refractivity contribution < 1.29 is 64.6 Å². The Kier molecular flexibility index (Phi) is 47.0. The molecule has 2 saturated heterocycles. The van der Waals surface area contributed by atoms with Crippen molar-refractivity contribution in [3.8, 4) is 0 Å². The molecule has 14 nitrogen and oxygen atoms in total. The first kappa shape index (κ1) is 73.3. The molecule has 2 rings (SSSR count). The molecule has 12 unspecified atom stereocenters. The molecule has 9 N–H and O–H groups in total. The zero-order chi connectivity index (χ0) is 57.4. The van der Waals surface area contributed by atoms with E-state index in [9.17, 15) is 45.6 Å². The Balaban J connectivity index is 1.65. The molecule has 0 aromatic carbocycles. The highest BCUT2D eigenvalue weighted by molar-refractivity contribution is 5.76. The van der Waals surface area contributed by atoms with Crippen molar-refractivity contribution in [3.63, 3.8) is 0 Å². The molecule has 0 aromatic heterocycles. The van der Waals surface area contributed by atoms with E-state index < -0.39 is 86.8 Å². The summed E-state index contributed by atoms with van der Waals surface area (Å²) in [5.74, 6) is -0.258. The summed E-state index contributed by atoms with van der Waals surface area (Å²) in [6, 6.07) is -0.935. The number of carbonyl (C=O) groups excluding carboxylic acids is 1. The summed E-state index contributed by atoms with van der Waals surface area (Å²) >= 11 is 0. The van der Waals surface area contributed by atoms with Crippen LogP contribution in [0.25, 0.3) is 0 Å². The van der Waals surface area contributed by atoms with Gasteiger partial charge in [-0.2, -0.15) is 0 Å². The molecule has 0 bridgehead atoms. The molecule has 2 fully saturated rings. The summed E-state index contributed by atoms with van der Waals surface area (Å²) in [5, 5.41) is 87.0. The molecule has 0 saturated carbocycles. The third-order valence-electron chi connectivity index (χ3n) is 16.0. The number of ether oxygens (including phenoxy) is 4. The van der Waals surface area contributed by atoms with Crippen LogP contribution in [0.5, 0.6) is 0 Å². The first-order valence-electron chi connectivity index (χ1n) is 32.7. The molecule has 0 aliphatic carbocycles. The topological polar surface area (TPSA) is 228 Å². The average molecular weight is 1120 g/mol. The molecule has 79 heavy (non-hydrogen) atoms. The van der Waals surface area contributed by atoms with Crippen LogP contribution < -0.4 is 5.32 Å². The molecule has 2 aliphatic rings. The summed E-state index contributed by atoms with van der Waals surface area (Å²) in [7, 11) is 0. The van der Waals surface area contributed by atoms with Gasteiger partial charge in [0.05, 0.1) is 32.0 Å². The van der Waals surface area contributed by atoms with Gasteiger partial charge in [0, 0.05) is 6.42 Å². The third kappa shape index (κ3) is 35.8. The van der Waals surface area contributed by atoms with Gasteiger partial charge in [-0.25, -0.2) is 0 Å². The smallest absolute Gasteiger partial charge is 0.220 e. The average Bonchev–Trinajstić information content (AvgIpc) is 3.48. The van der Waals surface area contributed by atoms with Crippen molar-refractivity contribution in [2.45, 2.75) is 351 Å². The second-order valence-electron chi connectivity index (χ2n) is 23.2. The van der Waals surface area contributed by atoms with Gasteiger partial charge in [0.15, 0.2) is 12.6 Å². The number of allylic oxidation sites excluding steroid dienone is 5. The molecule has 464 valence electrons. The lowest BCUT2D eigenvalue weighted by atomic mass is 9.97. The molecule has 0 aromatic rings. The molecule has 0 spiro atoms. The molecule has 0 radical (unpaired) electrons. The second-order valence-corrected chi connectivity index (χ2v) is 23.2. The van der Waals surface area contributed by atoms with Crippen LogP contribution in [-0.4, -0.2) is 140 Å². The van der Waals surface area contributed by atoms with Crippen LogP contribution in [-0.2, 0) is 23.7 Å². The van der Waals surface area contributed by atoms with Gasteiger partial charge in [0.25, 0.3) is 0 Å². The molecule has 2 aliphatic heterocycles. The Hall–Kier alpha value is -1.79. The van der Waals surface area contributed by atoms with E-state index in [0.29, 0.717) is 12.8 Å². The Morgan fingerprint density at radius 1 is 0.443 bits per heavy atom. The van der Waals surface area contributed by atoms with Crippen molar-refractivity contribution in [3.05, 3.63) is 36.5 Å². The van der Waals surface area contributed by atoms with E-state index in [1.165, 1.54) is 193 Å². The van der Waals surface area contributed by atoms with Crippen LogP contribution in [0.2, 0.25) is 0 Å². The van der Waals surface area contributed by atoms with Gasteiger partial charge < -0.3 is 65.1 Å². The fourth-order valence-corrected chi connectivity index (χ4v) is 10.8. The van der Waals surface area contributed by atoms with E-state index in [1.807, 2.05) is 6.08 Å². The number of hydrogen-bond donors (Lipinski definition) is 9. The van der Waals surface area contributed by atoms with Crippen LogP contribution in [0.15, 0.2) is 36.5 Å². The predicted octanol–water partition coefficient (Wildman–Crippen LogP) is 12.2. The largest absolute Gasteiger partial charge is 0.394 e. The third-order valence-corrected chi connectivity index (χ3v) is 16.0. The zero-order valence-corrected chi connectivity index (χ0v) is 50.1. The molecular weight excluding hydrogens is 1000 g/mol. The van der Waals surface area contributed by atoms with Gasteiger partial charge in [0.1, 0.15) is 48.8 Å². The molecule has 12 atom stereocenters. The molecule has 1 amide bonds. The second kappa shape index (κ2) is 50.7. The van der Waals surface area contributed by atoms with Crippen molar-refractivity contribution in [2.24, 2.45) is 0 Å². The first-order chi connectivity index (χ1) is 38.6. The number of hydrogen-bond acceptors (Lipinski definition) is 13. The summed E-state index contributed by atoms with van der Waals surface area (Å²) in [6.45, 7) is 2.76. The maximum atomic E-state index is 13.2. The predicted molar refractivity (Wildman–Crippen MR) is 318 cm³/mol. The van der Waals surface area contributed by atoms with Gasteiger partial charge in [-0.05, 0) is 57.8 Å². The van der Waals surface area contributed by atoms with Gasteiger partial charge >= 0.3 is 0 Å². The first-order valence-corrected chi connectivity index (χ1v) is 32.7. The Morgan fingerprint density at radius 3 is 1.27 bits per heavy atom. The molecular formula is C65H121NO13. The number of rotatable bonds is 53. The van der Waals surface area contributed by atoms with E-state index in [4.69, 9.17) is 18.9 Å². The minimum atomic E-state index is -1.79. The van der Waals surface area contributed by atoms with Crippen molar-refractivity contribution in [2.75, 3.05) is 19.8 Å². The van der Waals surface area contributed by atoms with Crippen LogP contribution in [0.3, 0.4) is 0 Å². The highest BCUT2D eigenvalue weighted by Crippen LogP contribution is 2.30. The van der Waals surface area contributed by atoms with Crippen LogP contribution >= 0.6 is 0 Å². The summed E-state index contributed by atoms with van der Waals surface area (Å²) in [4.78, 5) is 13.2. The number of aliphatic hydroxyl groups excluding tert-OH is 8. The highest BCUT2D eigenvalue weighted by atomic mass is 16.7. The van der Waals surface area contributed by atoms with Crippen molar-refractivity contribution in [1.82, 2.24) is 5.32 Å². The fourth-order valence-electron chi connectivity index (χ4n) is 10.8. The fraction of sp³-hybridized carbons (Fsp3) is 0.892. The van der Waals surface area contributed by atoms with E-state index in [0.717, 1.165) is 51.4 Å². The summed E-state index contributed by atoms with van der Waals surface area (Å²) in [6.07, 6.45) is 46.6. The minimum absolute atomic E-state index is 0.258. The molecule has 14 heteroatoms. The SMILES string of the molecule is CCCCC/C=C\CCCCCCCC(=O)NC(COC1OC(CO)C(OC2OC(CO)C(O)C(O)C2O)C(O)C1O)C(O)/C=C/CC/C=C/CCCCCCCCCCCCCCCCCCCCCCCCCCCCC. The number of carbonyl (C=O) groups is 1. The maximum Gasteiger partial charge on any atom is 0.220 e. The standard InChI is InChI=1S/C65H121NO13/c1-3-5-7-9-11-13-15-17-18-19-20-21-22-23-24-25-26-27-28-29-30-31-32-33-34-35-36-37-38-40-42-44-46-48-54(69)53(66-57(70)49-47-45-43-41-39-16-14-12-10-8-6-4-2)52-76-64-62(75)60(73)63(56(51-68)78-64)79-65-61(74)59(72)58(71)55(50-67)77-65/h12,14,38,40,46,48,53-56,58-65,67-69,71-75H,3-11,13,15-37,39,41-45,47,49-52H2,1-2H3,(H,66,70)/b14-12-,40-38+,48-46+. The number of unbranched alkanes of at least 4 members (excludes halogenated alkanes) is 36. The Bertz CT molecular complexity index is 1460. The summed E-state index contributed by atoms with van der Waals surface area (Å²) < 4.78 is 22.7. The van der Waals surface area contributed by atoms with E-state index in [-0.39, 0.29) is 18.9 Å². The Labute approximate surface area is 481 Å². The van der Waals surface area contributed by atoms with Gasteiger partial charge in [0.2, 0.25) is 5.91 Å². The van der Waals surface area contributed by atoms with Gasteiger partial charge in [-0.15, -0.1) is 0 Å². The zero-order valence-electron chi connectivity index (χ0n) is 50.1. The normalized spacial score (nSPS) is 24.6. The van der Waals surface area contributed by atoms with E-state index in [1.54, 1.807) is 6.08 Å². The van der Waals surface area contributed by atoms with Crippen LogP contribution in [0, 0.1) is 0 Å². The number of nitrogens with one attached hydrogen (secondary N) is 1. The van der Waals surface area contributed by atoms with Crippen molar-refractivity contribution in [1.29, 1.82) is 0 Å². The van der Waals surface area contributed by atoms with Crippen molar-refractivity contribution >= 4 is 5.91 Å². The maximum absolute atomic E-state index is 13.2. The quantitative estimate of drug-likeness (QED) is 0.0204. The summed E-state index contributed by atoms with van der Waals surface area (Å²) in [5.41, 5.74) is 0.